The number of rotatable bonds is 0. The first-order chi connectivity index (χ1) is 9.23. The normalized spacial score (nSPS) is 86.6. The Morgan fingerprint density at radius 3 is 1.47 bits per heavy atom. The molecule has 10 rings (SSSR count). The summed E-state index contributed by atoms with van der Waals surface area (Å²) < 4.78 is -0.313. The van der Waals surface area contributed by atoms with Gasteiger partial charge >= 0.3 is 0 Å². The molecule has 0 N–H and O–H groups in total. The van der Waals surface area contributed by atoms with Gasteiger partial charge in [-0.25, -0.2) is 0 Å². The van der Waals surface area contributed by atoms with Crippen LogP contribution in [0.3, 0.4) is 0 Å². The van der Waals surface area contributed by atoms with Crippen LogP contribution in [0.25, 0.3) is 0 Å². The molecule has 0 aromatic heterocycles. The van der Waals surface area contributed by atoms with E-state index in [0.29, 0.717) is 11.8 Å². The third-order valence-corrected chi connectivity index (χ3v) is 10.7. The fraction of sp³-hybridized carbons (Fsp3) is 0.882. The summed E-state index contributed by atoms with van der Waals surface area (Å²) in [5.41, 5.74) is 0. The minimum absolute atomic E-state index is 0.313. The van der Waals surface area contributed by atoms with E-state index in [1.165, 1.54) is 0 Å². The second-order valence-electron chi connectivity index (χ2n) is 9.04. The first-order valence-electron chi connectivity index (χ1n) is 8.29. The van der Waals surface area contributed by atoms with E-state index in [4.69, 9.17) is 23.2 Å². The molecule has 0 nitrogen and oxygen atoms in total. The van der Waals surface area contributed by atoms with Crippen LogP contribution in [0.2, 0.25) is 0 Å². The zero-order valence-electron chi connectivity index (χ0n) is 10.5. The smallest absolute Gasteiger partial charge is 0.101 e. The predicted octanol–water partition coefficient (Wildman–Crippen LogP) is 3.45. The van der Waals surface area contributed by atoms with Gasteiger partial charge in [0.05, 0.1) is 0 Å². The summed E-state index contributed by atoms with van der Waals surface area (Å²) in [5.74, 6) is 13.8. The van der Waals surface area contributed by atoms with Crippen LogP contribution in [0.5, 0.6) is 0 Å². The number of hydrogen-bond donors (Lipinski definition) is 0. The fourth-order valence-corrected chi connectivity index (χ4v) is 11.1. The van der Waals surface area contributed by atoms with Crippen LogP contribution in [0.1, 0.15) is 0 Å². The van der Waals surface area contributed by atoms with Crippen LogP contribution >= 0.6 is 23.2 Å². The molecule has 8 fully saturated rings. The van der Waals surface area contributed by atoms with E-state index in [9.17, 15) is 0 Å². The molecule has 0 aromatic rings. The van der Waals surface area contributed by atoms with Crippen molar-refractivity contribution in [2.75, 3.05) is 0 Å². The maximum atomic E-state index is 6.68. The molecular formula is C17H16Cl2. The standard InChI is InChI=1S/C17H16Cl2/c18-17(19)15-13-8-4-2-1-3-5-6(4)10-9(5)11(7(3)8)14(12(10)13)16(15)17/h1-16H/t3-,4-,5-,6-,7+,8-,9+,10+,11+,12+,13-,14-,15+,16-/m0/s1. The average molecular weight is 291 g/mol. The van der Waals surface area contributed by atoms with Gasteiger partial charge in [-0.1, -0.05) is 12.2 Å². The molecule has 0 radical (unpaired) electrons. The predicted molar refractivity (Wildman–Crippen MR) is 72.4 cm³/mol. The van der Waals surface area contributed by atoms with Crippen LogP contribution in [-0.4, -0.2) is 4.33 Å². The Kier molecular flexibility index (Phi) is 1.07. The lowest BCUT2D eigenvalue weighted by molar-refractivity contribution is -0.177. The minimum atomic E-state index is -0.313. The maximum Gasteiger partial charge on any atom is 0.125 e. The molecule has 10 bridgehead atoms. The third-order valence-electron chi connectivity index (χ3n) is 9.66. The highest BCUT2D eigenvalue weighted by Gasteiger charge is 2.92. The third kappa shape index (κ3) is 0.585. The van der Waals surface area contributed by atoms with E-state index >= 15 is 0 Å². The second kappa shape index (κ2) is 2.17. The number of alkyl halides is 2. The average Bonchev–Trinajstić information content (AvgIpc) is 2.62. The highest BCUT2D eigenvalue weighted by Crippen LogP contribution is 2.94. The largest absolute Gasteiger partial charge is 0.125 e. The molecule has 14 atom stereocenters. The Bertz CT molecular complexity index is 608. The van der Waals surface area contributed by atoms with Gasteiger partial charge in [-0.2, -0.15) is 0 Å². The van der Waals surface area contributed by atoms with E-state index in [1.54, 1.807) is 0 Å². The lowest BCUT2D eigenvalue weighted by Crippen LogP contribution is -2.64. The first kappa shape index (κ1) is 9.36. The Morgan fingerprint density at radius 1 is 0.526 bits per heavy atom. The number of hydrogen-bond acceptors (Lipinski definition) is 0. The van der Waals surface area contributed by atoms with E-state index in [0.717, 1.165) is 71.0 Å². The van der Waals surface area contributed by atoms with E-state index in [1.807, 2.05) is 0 Å². The summed E-state index contributed by atoms with van der Waals surface area (Å²) in [7, 11) is 0. The second-order valence-corrected chi connectivity index (χ2v) is 10.5. The molecule has 0 spiro atoms. The molecule has 10 aliphatic carbocycles. The molecular weight excluding hydrogens is 275 g/mol. The molecule has 98 valence electrons. The van der Waals surface area contributed by atoms with Gasteiger partial charge in [-0.15, -0.1) is 23.2 Å². The van der Waals surface area contributed by atoms with Crippen LogP contribution in [0.15, 0.2) is 12.2 Å². The van der Waals surface area contributed by atoms with Gasteiger partial charge in [-0.05, 0) is 71.0 Å². The highest BCUT2D eigenvalue weighted by atomic mass is 35.5. The lowest BCUT2D eigenvalue weighted by atomic mass is 9.37. The minimum Gasteiger partial charge on any atom is -0.101 e. The van der Waals surface area contributed by atoms with E-state index in [-0.39, 0.29) is 4.33 Å². The SMILES string of the molecule is ClC1(Cl)[C@@H]2[C@H]3[C@H]4[C@H]5C=C[C@@H]6[C@H]4[C@@H]4[C@@H]7[C@@H]6[C@H]5[C@H]7[C@H]3[C@H]4[C@@H]21. The van der Waals surface area contributed by atoms with E-state index in [2.05, 4.69) is 12.2 Å². The van der Waals surface area contributed by atoms with Crippen LogP contribution < -0.4 is 0 Å². The zero-order valence-corrected chi connectivity index (χ0v) is 12.0. The summed E-state index contributed by atoms with van der Waals surface area (Å²) in [4.78, 5) is 0. The van der Waals surface area contributed by atoms with Gasteiger partial charge in [0.2, 0.25) is 0 Å². The summed E-state index contributed by atoms with van der Waals surface area (Å²) in [6.07, 6.45) is 5.27. The van der Waals surface area contributed by atoms with Crippen LogP contribution in [0, 0.1) is 82.9 Å². The van der Waals surface area contributed by atoms with Crippen molar-refractivity contribution in [3.8, 4) is 0 Å². The van der Waals surface area contributed by atoms with Crippen molar-refractivity contribution < 1.29 is 0 Å². The van der Waals surface area contributed by atoms with Crippen molar-refractivity contribution in [2.45, 2.75) is 4.33 Å². The zero-order chi connectivity index (χ0) is 12.0. The molecule has 8 saturated carbocycles. The topological polar surface area (TPSA) is 0 Å². The Morgan fingerprint density at radius 2 is 0.895 bits per heavy atom. The number of fused-ring (bicyclic) bond motifs is 1. The molecule has 2 heteroatoms. The molecule has 0 saturated heterocycles. The van der Waals surface area contributed by atoms with E-state index < -0.39 is 0 Å². The Hall–Kier alpha value is 0.320. The molecule has 0 aromatic carbocycles. The first-order valence-corrected chi connectivity index (χ1v) is 9.04. The maximum absolute atomic E-state index is 6.68. The molecule has 0 unspecified atom stereocenters. The van der Waals surface area contributed by atoms with Crippen molar-refractivity contribution in [1.82, 2.24) is 0 Å². The van der Waals surface area contributed by atoms with Gasteiger partial charge in [0.1, 0.15) is 4.33 Å². The molecule has 0 amide bonds. The van der Waals surface area contributed by atoms with Gasteiger partial charge in [0, 0.05) is 11.8 Å². The Balaban J connectivity index is 1.49. The van der Waals surface area contributed by atoms with Gasteiger partial charge in [-0.3, -0.25) is 0 Å². The monoisotopic (exact) mass is 290 g/mol. The van der Waals surface area contributed by atoms with Crippen LogP contribution in [-0.2, 0) is 0 Å². The Labute approximate surface area is 122 Å². The lowest BCUT2D eigenvalue weighted by Gasteiger charge is -2.67. The molecule has 0 heterocycles. The van der Waals surface area contributed by atoms with Gasteiger partial charge in [0.25, 0.3) is 0 Å². The number of halogens is 2. The summed E-state index contributed by atoms with van der Waals surface area (Å²) in [6.45, 7) is 0. The van der Waals surface area contributed by atoms with Crippen molar-refractivity contribution in [2.24, 2.45) is 82.9 Å². The van der Waals surface area contributed by atoms with Crippen molar-refractivity contribution in [3.05, 3.63) is 12.2 Å². The van der Waals surface area contributed by atoms with Crippen molar-refractivity contribution in [3.63, 3.8) is 0 Å². The molecule has 10 aliphatic rings. The van der Waals surface area contributed by atoms with Gasteiger partial charge < -0.3 is 0 Å². The van der Waals surface area contributed by atoms with Gasteiger partial charge in [0.15, 0.2) is 0 Å². The van der Waals surface area contributed by atoms with Crippen LogP contribution in [0.4, 0.5) is 0 Å². The number of allylic oxidation sites excluding steroid dienone is 2. The summed E-state index contributed by atoms with van der Waals surface area (Å²) >= 11 is 13.4. The van der Waals surface area contributed by atoms with Crippen molar-refractivity contribution in [1.29, 1.82) is 0 Å². The summed E-state index contributed by atoms with van der Waals surface area (Å²) in [5, 5.41) is 0. The molecule has 0 aliphatic heterocycles. The summed E-state index contributed by atoms with van der Waals surface area (Å²) in [6, 6.07) is 0. The quantitative estimate of drug-likeness (QED) is 0.474. The highest BCUT2D eigenvalue weighted by molar-refractivity contribution is 6.51. The van der Waals surface area contributed by atoms with Crippen molar-refractivity contribution >= 4 is 23.2 Å². The molecule has 19 heavy (non-hydrogen) atoms. The fourth-order valence-electron chi connectivity index (χ4n) is 10.1.